The molecule has 0 spiro atoms. The fourth-order valence-electron chi connectivity index (χ4n) is 6.01. The topological polar surface area (TPSA) is 76.7 Å². The number of amides is 2. The zero-order valence-corrected chi connectivity index (χ0v) is 31.1. The van der Waals surface area contributed by atoms with Crippen LogP contribution in [0.25, 0.3) is 0 Å². The number of ether oxygens (including phenoxy) is 2. The number of nitrogens with one attached hydrogen (secondary N) is 2. The average Bonchev–Trinajstić information content (AvgIpc) is 3.05. The summed E-state index contributed by atoms with van der Waals surface area (Å²) in [6.07, 6.45) is 40.5. The molecule has 2 N–H and O–H groups in total. The van der Waals surface area contributed by atoms with E-state index in [2.05, 4.69) is 24.5 Å². The molecular formula is C40H80N2O4. The van der Waals surface area contributed by atoms with Crippen LogP contribution >= 0.6 is 0 Å². The van der Waals surface area contributed by atoms with Gasteiger partial charge in [-0.2, -0.15) is 0 Å². The lowest BCUT2D eigenvalue weighted by Gasteiger charge is -2.08. The second-order valence-electron chi connectivity index (χ2n) is 13.7. The van der Waals surface area contributed by atoms with E-state index in [0.717, 1.165) is 51.4 Å². The van der Waals surface area contributed by atoms with Gasteiger partial charge in [0.2, 0.25) is 0 Å². The van der Waals surface area contributed by atoms with Crippen molar-refractivity contribution >= 4 is 12.2 Å². The van der Waals surface area contributed by atoms with E-state index >= 15 is 0 Å². The van der Waals surface area contributed by atoms with Crippen LogP contribution in [0, 0.1) is 0 Å². The molecule has 0 radical (unpaired) electrons. The summed E-state index contributed by atoms with van der Waals surface area (Å²) in [5.41, 5.74) is 0. The maximum absolute atomic E-state index is 11.8. The highest BCUT2D eigenvalue weighted by Gasteiger charge is 2.03. The van der Waals surface area contributed by atoms with Gasteiger partial charge >= 0.3 is 12.2 Å². The summed E-state index contributed by atoms with van der Waals surface area (Å²) in [6, 6.07) is 0. The molecule has 0 heterocycles. The van der Waals surface area contributed by atoms with Crippen molar-refractivity contribution in [1.82, 2.24) is 10.6 Å². The quantitative estimate of drug-likeness (QED) is 0.0655. The molecule has 0 unspecified atom stereocenters. The van der Waals surface area contributed by atoms with Gasteiger partial charge in [0, 0.05) is 13.1 Å². The molecule has 46 heavy (non-hydrogen) atoms. The average molecular weight is 653 g/mol. The Hall–Kier alpha value is -1.46. The Kier molecular flexibility index (Phi) is 38.5. The predicted octanol–water partition coefficient (Wildman–Crippen LogP) is 13.0. The largest absolute Gasteiger partial charge is 0.450 e. The summed E-state index contributed by atoms with van der Waals surface area (Å²) in [4.78, 5) is 23.7. The molecule has 0 atom stereocenters. The van der Waals surface area contributed by atoms with E-state index < -0.39 is 0 Å². The minimum atomic E-state index is -0.294. The van der Waals surface area contributed by atoms with Crippen molar-refractivity contribution in [2.24, 2.45) is 0 Å². The fraction of sp³-hybridized carbons (Fsp3) is 0.950. The van der Waals surface area contributed by atoms with E-state index in [1.807, 2.05) is 0 Å². The van der Waals surface area contributed by atoms with Gasteiger partial charge in [-0.25, -0.2) is 9.59 Å². The molecule has 0 bridgehead atoms. The molecule has 0 aliphatic rings. The van der Waals surface area contributed by atoms with Gasteiger partial charge < -0.3 is 20.1 Å². The second-order valence-corrected chi connectivity index (χ2v) is 13.7. The number of carbonyl (C=O) groups is 2. The van der Waals surface area contributed by atoms with Crippen LogP contribution < -0.4 is 10.6 Å². The Morgan fingerprint density at radius 3 is 0.804 bits per heavy atom. The minimum absolute atomic E-state index is 0.294. The van der Waals surface area contributed by atoms with E-state index in [9.17, 15) is 9.59 Å². The molecule has 0 aromatic carbocycles. The summed E-state index contributed by atoms with van der Waals surface area (Å²) in [5, 5.41) is 5.70. The molecule has 0 aromatic rings. The highest BCUT2D eigenvalue weighted by Crippen LogP contribution is 2.14. The first kappa shape index (κ1) is 44.5. The smallest absolute Gasteiger partial charge is 0.407 e. The van der Waals surface area contributed by atoms with Crippen molar-refractivity contribution in [2.75, 3.05) is 26.3 Å². The third-order valence-electron chi connectivity index (χ3n) is 9.10. The normalized spacial score (nSPS) is 11.1. The van der Waals surface area contributed by atoms with Crippen molar-refractivity contribution in [3.05, 3.63) is 0 Å². The molecule has 6 nitrogen and oxygen atoms in total. The summed E-state index contributed by atoms with van der Waals surface area (Å²) >= 11 is 0. The van der Waals surface area contributed by atoms with Gasteiger partial charge in [-0.05, 0) is 25.7 Å². The van der Waals surface area contributed by atoms with E-state index in [1.54, 1.807) is 0 Å². The lowest BCUT2D eigenvalue weighted by atomic mass is 10.0. The molecule has 0 aliphatic heterocycles. The highest BCUT2D eigenvalue weighted by molar-refractivity contribution is 5.67. The van der Waals surface area contributed by atoms with Crippen LogP contribution in [0.4, 0.5) is 9.59 Å². The van der Waals surface area contributed by atoms with Gasteiger partial charge in [0.1, 0.15) is 0 Å². The standard InChI is InChI=1S/C40H80N2O4/c1-3-5-7-9-11-13-15-17-19-21-23-25-29-33-37-45-39(43)41-35-31-27-28-32-36-42-40(44)46-38-34-30-26-24-22-20-18-16-14-12-10-8-6-4-2/h3-38H2,1-2H3,(H,41,43)(H,42,44). The van der Waals surface area contributed by atoms with Crippen LogP contribution in [-0.2, 0) is 9.47 Å². The van der Waals surface area contributed by atoms with E-state index in [1.165, 1.54) is 154 Å². The predicted molar refractivity (Wildman–Crippen MR) is 198 cm³/mol. The Labute approximate surface area is 287 Å². The Bertz CT molecular complexity index is 564. The van der Waals surface area contributed by atoms with Crippen LogP contribution in [0.3, 0.4) is 0 Å². The van der Waals surface area contributed by atoms with Crippen molar-refractivity contribution in [2.45, 2.75) is 219 Å². The van der Waals surface area contributed by atoms with Gasteiger partial charge in [-0.15, -0.1) is 0 Å². The highest BCUT2D eigenvalue weighted by atomic mass is 16.6. The Morgan fingerprint density at radius 2 is 0.543 bits per heavy atom. The maximum Gasteiger partial charge on any atom is 0.407 e. The summed E-state index contributed by atoms with van der Waals surface area (Å²) in [6.45, 7) is 6.88. The molecule has 0 aliphatic carbocycles. The number of hydrogen-bond acceptors (Lipinski definition) is 4. The van der Waals surface area contributed by atoms with E-state index in [0.29, 0.717) is 26.3 Å². The Morgan fingerprint density at radius 1 is 0.326 bits per heavy atom. The molecule has 0 fully saturated rings. The molecule has 274 valence electrons. The molecule has 0 rings (SSSR count). The molecular weight excluding hydrogens is 572 g/mol. The first-order valence-electron chi connectivity index (χ1n) is 20.5. The van der Waals surface area contributed by atoms with E-state index in [4.69, 9.17) is 9.47 Å². The van der Waals surface area contributed by atoms with Gasteiger partial charge in [0.15, 0.2) is 0 Å². The van der Waals surface area contributed by atoms with Crippen LogP contribution in [-0.4, -0.2) is 38.5 Å². The second kappa shape index (κ2) is 39.7. The number of carbonyl (C=O) groups excluding carboxylic acids is 2. The molecule has 0 aromatic heterocycles. The van der Waals surface area contributed by atoms with Crippen molar-refractivity contribution in [3.8, 4) is 0 Å². The Balaban J connectivity index is 3.24. The summed E-state index contributed by atoms with van der Waals surface area (Å²) in [7, 11) is 0. The van der Waals surface area contributed by atoms with Gasteiger partial charge in [0.05, 0.1) is 13.2 Å². The number of hydrogen-bond donors (Lipinski definition) is 2. The zero-order valence-electron chi connectivity index (χ0n) is 31.1. The van der Waals surface area contributed by atoms with Crippen LogP contribution in [0.5, 0.6) is 0 Å². The number of alkyl carbamates (subject to hydrolysis) is 2. The summed E-state index contributed by atoms with van der Waals surface area (Å²) < 4.78 is 10.6. The maximum atomic E-state index is 11.8. The van der Waals surface area contributed by atoms with Gasteiger partial charge in [-0.3, -0.25) is 0 Å². The summed E-state index contributed by atoms with van der Waals surface area (Å²) in [5.74, 6) is 0. The monoisotopic (exact) mass is 653 g/mol. The zero-order chi connectivity index (χ0) is 33.4. The van der Waals surface area contributed by atoms with Gasteiger partial charge in [0.25, 0.3) is 0 Å². The SMILES string of the molecule is CCCCCCCCCCCCCCCCOC(=O)NCCCCCCNC(=O)OCCCCCCCCCCCCCCCC. The molecule has 0 saturated carbocycles. The molecule has 2 amide bonds. The third kappa shape index (κ3) is 38.7. The molecule has 0 saturated heterocycles. The first-order valence-corrected chi connectivity index (χ1v) is 20.5. The fourth-order valence-corrected chi connectivity index (χ4v) is 6.01. The van der Waals surface area contributed by atoms with Crippen molar-refractivity contribution in [3.63, 3.8) is 0 Å². The van der Waals surface area contributed by atoms with Crippen LogP contribution in [0.1, 0.15) is 219 Å². The lowest BCUT2D eigenvalue weighted by Crippen LogP contribution is -2.26. The molecule has 6 heteroatoms. The van der Waals surface area contributed by atoms with Crippen LogP contribution in [0.2, 0.25) is 0 Å². The lowest BCUT2D eigenvalue weighted by molar-refractivity contribution is 0.142. The van der Waals surface area contributed by atoms with Crippen molar-refractivity contribution < 1.29 is 19.1 Å². The van der Waals surface area contributed by atoms with Crippen molar-refractivity contribution in [1.29, 1.82) is 0 Å². The minimum Gasteiger partial charge on any atom is -0.450 e. The van der Waals surface area contributed by atoms with Gasteiger partial charge in [-0.1, -0.05) is 194 Å². The van der Waals surface area contributed by atoms with E-state index in [-0.39, 0.29) is 12.2 Å². The number of unbranched alkanes of at least 4 members (excludes halogenated alkanes) is 29. The first-order chi connectivity index (χ1) is 22.7. The third-order valence-corrected chi connectivity index (χ3v) is 9.10. The number of rotatable bonds is 37. The van der Waals surface area contributed by atoms with Crippen LogP contribution in [0.15, 0.2) is 0 Å².